The Morgan fingerprint density at radius 3 is 2.38 bits per heavy atom. The summed E-state index contributed by atoms with van der Waals surface area (Å²) in [5.41, 5.74) is 2.05. The minimum atomic E-state index is -0.206. The van der Waals surface area contributed by atoms with Gasteiger partial charge in [-0.05, 0) is 28.7 Å². The van der Waals surface area contributed by atoms with Crippen LogP contribution >= 0.6 is 0 Å². The minimum Gasteiger partial charge on any atom is -0.207 e. The molecule has 0 radical (unpaired) electrons. The first kappa shape index (κ1) is 9.97. The van der Waals surface area contributed by atoms with Gasteiger partial charge in [0.05, 0.1) is 0 Å². The van der Waals surface area contributed by atoms with E-state index in [1.54, 1.807) is 6.08 Å². The first-order chi connectivity index (χ1) is 5.95. The third-order valence-corrected chi connectivity index (χ3v) is 2.04. The van der Waals surface area contributed by atoms with Crippen molar-refractivity contribution in [1.82, 2.24) is 0 Å². The van der Waals surface area contributed by atoms with E-state index in [0.717, 1.165) is 11.1 Å². The van der Waals surface area contributed by atoms with Crippen molar-refractivity contribution in [3.8, 4) is 0 Å². The van der Waals surface area contributed by atoms with Crippen LogP contribution in [0.15, 0.2) is 24.8 Å². The molecule has 0 heterocycles. The second-order valence-corrected chi connectivity index (χ2v) is 4.19. The van der Waals surface area contributed by atoms with Crippen LogP contribution in [0.5, 0.6) is 0 Å². The summed E-state index contributed by atoms with van der Waals surface area (Å²) in [5.74, 6) is -0.206. The molecule has 0 bridgehead atoms. The fraction of sp³-hybridized carbons (Fsp3) is 0.333. The van der Waals surface area contributed by atoms with E-state index >= 15 is 0 Å². The molecule has 0 aliphatic rings. The summed E-state index contributed by atoms with van der Waals surface area (Å²) in [6, 6.07) is 4.84. The number of hydrogen-bond acceptors (Lipinski definition) is 0. The van der Waals surface area contributed by atoms with E-state index in [1.165, 1.54) is 12.1 Å². The molecular formula is C12H15F. The summed E-state index contributed by atoms with van der Waals surface area (Å²) in [4.78, 5) is 0. The van der Waals surface area contributed by atoms with Crippen LogP contribution in [-0.4, -0.2) is 0 Å². The predicted molar refractivity (Wildman–Crippen MR) is 55.2 cm³/mol. The van der Waals surface area contributed by atoms with Gasteiger partial charge in [0, 0.05) is 0 Å². The van der Waals surface area contributed by atoms with Crippen LogP contribution in [0.3, 0.4) is 0 Å². The Morgan fingerprint density at radius 2 is 1.92 bits per heavy atom. The summed E-state index contributed by atoms with van der Waals surface area (Å²) >= 11 is 0. The van der Waals surface area contributed by atoms with Gasteiger partial charge in [-0.2, -0.15) is 0 Å². The van der Waals surface area contributed by atoms with Crippen LogP contribution in [0.1, 0.15) is 31.9 Å². The van der Waals surface area contributed by atoms with Crippen molar-refractivity contribution in [2.45, 2.75) is 26.2 Å². The van der Waals surface area contributed by atoms with Gasteiger partial charge in [0.15, 0.2) is 0 Å². The highest BCUT2D eigenvalue weighted by atomic mass is 19.1. The normalized spacial score (nSPS) is 11.4. The third kappa shape index (κ3) is 2.18. The fourth-order valence-corrected chi connectivity index (χ4v) is 1.39. The van der Waals surface area contributed by atoms with Gasteiger partial charge in [0.25, 0.3) is 0 Å². The topological polar surface area (TPSA) is 0 Å². The average molecular weight is 178 g/mol. The van der Waals surface area contributed by atoms with Crippen LogP contribution in [-0.2, 0) is 5.41 Å². The molecule has 0 aromatic heterocycles. The molecule has 0 aliphatic carbocycles. The SMILES string of the molecule is C=Cc1cc(F)ccc1C(C)(C)C. The highest BCUT2D eigenvalue weighted by Gasteiger charge is 2.16. The Bertz CT molecular complexity index is 318. The molecule has 1 heteroatoms. The quantitative estimate of drug-likeness (QED) is 0.614. The summed E-state index contributed by atoms with van der Waals surface area (Å²) in [6.45, 7) is 9.99. The first-order valence-electron chi connectivity index (χ1n) is 4.37. The first-order valence-corrected chi connectivity index (χ1v) is 4.37. The lowest BCUT2D eigenvalue weighted by Crippen LogP contribution is -2.12. The van der Waals surface area contributed by atoms with Crippen molar-refractivity contribution in [2.24, 2.45) is 0 Å². The predicted octanol–water partition coefficient (Wildman–Crippen LogP) is 3.77. The molecule has 0 aliphatic heterocycles. The molecule has 0 amide bonds. The molecule has 0 unspecified atom stereocenters. The van der Waals surface area contributed by atoms with Gasteiger partial charge in [0.1, 0.15) is 5.82 Å². The smallest absolute Gasteiger partial charge is 0.123 e. The summed E-state index contributed by atoms with van der Waals surface area (Å²) in [5, 5.41) is 0. The second-order valence-electron chi connectivity index (χ2n) is 4.19. The maximum absolute atomic E-state index is 12.9. The maximum Gasteiger partial charge on any atom is 0.123 e. The lowest BCUT2D eigenvalue weighted by atomic mass is 9.84. The highest BCUT2D eigenvalue weighted by molar-refractivity contribution is 5.54. The zero-order valence-corrected chi connectivity index (χ0v) is 8.39. The molecule has 0 N–H and O–H groups in total. The van der Waals surface area contributed by atoms with E-state index in [2.05, 4.69) is 27.4 Å². The van der Waals surface area contributed by atoms with Gasteiger partial charge in [0.2, 0.25) is 0 Å². The standard InChI is InChI=1S/C12H15F/c1-5-9-8-10(13)6-7-11(9)12(2,3)4/h5-8H,1H2,2-4H3. The van der Waals surface area contributed by atoms with Crippen LogP contribution in [0.2, 0.25) is 0 Å². The number of hydrogen-bond donors (Lipinski definition) is 0. The van der Waals surface area contributed by atoms with Crippen LogP contribution < -0.4 is 0 Å². The number of halogens is 1. The third-order valence-electron chi connectivity index (χ3n) is 2.04. The van der Waals surface area contributed by atoms with Crippen molar-refractivity contribution < 1.29 is 4.39 Å². The Morgan fingerprint density at radius 1 is 1.31 bits per heavy atom. The lowest BCUT2D eigenvalue weighted by molar-refractivity contribution is 0.581. The average Bonchev–Trinajstić information content (AvgIpc) is 2.01. The van der Waals surface area contributed by atoms with Crippen molar-refractivity contribution in [3.05, 3.63) is 41.7 Å². The summed E-state index contributed by atoms with van der Waals surface area (Å²) < 4.78 is 12.9. The molecule has 1 rings (SSSR count). The van der Waals surface area contributed by atoms with E-state index in [0.29, 0.717) is 0 Å². The fourth-order valence-electron chi connectivity index (χ4n) is 1.39. The zero-order chi connectivity index (χ0) is 10.1. The molecule has 0 spiro atoms. The van der Waals surface area contributed by atoms with E-state index in [4.69, 9.17) is 0 Å². The summed E-state index contributed by atoms with van der Waals surface area (Å²) in [7, 11) is 0. The van der Waals surface area contributed by atoms with Gasteiger partial charge >= 0.3 is 0 Å². The maximum atomic E-state index is 12.9. The molecule has 1 aromatic carbocycles. The highest BCUT2D eigenvalue weighted by Crippen LogP contribution is 2.26. The summed E-state index contributed by atoms with van der Waals surface area (Å²) in [6.07, 6.45) is 1.70. The van der Waals surface area contributed by atoms with Crippen molar-refractivity contribution in [1.29, 1.82) is 0 Å². The lowest BCUT2D eigenvalue weighted by Gasteiger charge is -2.21. The molecule has 0 nitrogen and oxygen atoms in total. The van der Waals surface area contributed by atoms with E-state index in [1.807, 2.05) is 6.07 Å². The van der Waals surface area contributed by atoms with Gasteiger partial charge < -0.3 is 0 Å². The van der Waals surface area contributed by atoms with Crippen LogP contribution in [0.4, 0.5) is 4.39 Å². The Hall–Kier alpha value is -1.11. The molecule has 13 heavy (non-hydrogen) atoms. The number of benzene rings is 1. The van der Waals surface area contributed by atoms with Crippen molar-refractivity contribution in [2.75, 3.05) is 0 Å². The Balaban J connectivity index is 3.29. The van der Waals surface area contributed by atoms with Crippen molar-refractivity contribution >= 4 is 6.08 Å². The van der Waals surface area contributed by atoms with Gasteiger partial charge in [-0.3, -0.25) is 0 Å². The molecule has 0 atom stereocenters. The molecule has 0 saturated carbocycles. The van der Waals surface area contributed by atoms with E-state index < -0.39 is 0 Å². The van der Waals surface area contributed by atoms with Crippen LogP contribution in [0, 0.1) is 5.82 Å². The largest absolute Gasteiger partial charge is 0.207 e. The zero-order valence-electron chi connectivity index (χ0n) is 8.39. The molecule has 1 aromatic rings. The Labute approximate surface area is 79.1 Å². The monoisotopic (exact) mass is 178 g/mol. The number of rotatable bonds is 1. The molecule has 70 valence electrons. The second kappa shape index (κ2) is 3.33. The van der Waals surface area contributed by atoms with Gasteiger partial charge in [-0.1, -0.05) is 39.5 Å². The van der Waals surface area contributed by atoms with E-state index in [9.17, 15) is 4.39 Å². The molecule has 0 saturated heterocycles. The van der Waals surface area contributed by atoms with Gasteiger partial charge in [-0.25, -0.2) is 4.39 Å². The Kier molecular flexibility index (Phi) is 2.55. The van der Waals surface area contributed by atoms with Crippen LogP contribution in [0.25, 0.3) is 6.08 Å². The van der Waals surface area contributed by atoms with Crippen molar-refractivity contribution in [3.63, 3.8) is 0 Å². The van der Waals surface area contributed by atoms with E-state index in [-0.39, 0.29) is 11.2 Å². The minimum absolute atomic E-state index is 0.0389. The molecule has 0 fully saturated rings. The molecular weight excluding hydrogens is 163 g/mol. The van der Waals surface area contributed by atoms with Gasteiger partial charge in [-0.15, -0.1) is 0 Å².